The molecule has 0 aliphatic heterocycles. The van der Waals surface area contributed by atoms with Gasteiger partial charge in [0.05, 0.1) is 0 Å². The van der Waals surface area contributed by atoms with E-state index in [0.29, 0.717) is 24.5 Å². The van der Waals surface area contributed by atoms with Gasteiger partial charge in [-0.25, -0.2) is 4.79 Å². The largest absolute Gasteiger partial charge is 0.478 e. The second kappa shape index (κ2) is 6.29. The number of allylic oxidation sites excluding steroid dienone is 1. The van der Waals surface area contributed by atoms with Gasteiger partial charge in [0.25, 0.3) is 0 Å². The summed E-state index contributed by atoms with van der Waals surface area (Å²) in [6.45, 7) is 0.589. The number of hydrogen-bond donors (Lipinski definition) is 3. The van der Waals surface area contributed by atoms with Gasteiger partial charge >= 0.3 is 5.97 Å². The molecule has 0 aromatic heterocycles. The van der Waals surface area contributed by atoms with Gasteiger partial charge in [0.1, 0.15) is 0 Å². The predicted octanol–water partition coefficient (Wildman–Crippen LogP) is 0.493. The Kier molecular flexibility index (Phi) is 5.77. The molecular formula is C9H16ClN3O2. The fourth-order valence-corrected chi connectivity index (χ4v) is 1.48. The molecule has 15 heavy (non-hydrogen) atoms. The van der Waals surface area contributed by atoms with Crippen molar-refractivity contribution in [2.45, 2.75) is 19.3 Å². The number of carbonyl (C=O) groups is 1. The van der Waals surface area contributed by atoms with Gasteiger partial charge in [-0.15, -0.1) is 12.4 Å². The highest BCUT2D eigenvalue weighted by Crippen LogP contribution is 2.23. The van der Waals surface area contributed by atoms with E-state index >= 15 is 0 Å². The van der Waals surface area contributed by atoms with Crippen molar-refractivity contribution in [1.82, 2.24) is 0 Å². The monoisotopic (exact) mass is 233 g/mol. The summed E-state index contributed by atoms with van der Waals surface area (Å²) in [6, 6.07) is 0. The van der Waals surface area contributed by atoms with Crippen molar-refractivity contribution in [1.29, 1.82) is 0 Å². The highest BCUT2D eigenvalue weighted by atomic mass is 35.5. The maximum atomic E-state index is 10.6. The molecular weight excluding hydrogens is 218 g/mol. The third kappa shape index (κ3) is 4.69. The van der Waals surface area contributed by atoms with Crippen LogP contribution in [0.4, 0.5) is 0 Å². The van der Waals surface area contributed by atoms with Gasteiger partial charge in [-0.05, 0) is 25.2 Å². The molecule has 1 aliphatic rings. The molecule has 1 aliphatic carbocycles. The number of aliphatic carboxylic acids is 1. The summed E-state index contributed by atoms with van der Waals surface area (Å²) in [6.07, 6.45) is 3.96. The van der Waals surface area contributed by atoms with Crippen LogP contribution in [0.25, 0.3) is 0 Å². The van der Waals surface area contributed by atoms with Gasteiger partial charge in [0.2, 0.25) is 0 Å². The zero-order chi connectivity index (χ0) is 10.6. The van der Waals surface area contributed by atoms with E-state index in [4.69, 9.17) is 16.6 Å². The average molecular weight is 234 g/mol. The topological polar surface area (TPSA) is 102 Å². The van der Waals surface area contributed by atoms with Crippen LogP contribution in [-0.2, 0) is 4.79 Å². The molecule has 0 aromatic rings. The van der Waals surface area contributed by atoms with Crippen LogP contribution in [0, 0.1) is 5.92 Å². The summed E-state index contributed by atoms with van der Waals surface area (Å²) in [4.78, 5) is 14.5. The minimum absolute atomic E-state index is 0. The van der Waals surface area contributed by atoms with Gasteiger partial charge in [0.15, 0.2) is 5.96 Å². The first kappa shape index (κ1) is 13.8. The summed E-state index contributed by atoms with van der Waals surface area (Å²) in [5.41, 5.74) is 10.9. The first-order chi connectivity index (χ1) is 6.59. The van der Waals surface area contributed by atoms with E-state index < -0.39 is 5.97 Å². The molecule has 86 valence electrons. The summed E-state index contributed by atoms with van der Waals surface area (Å²) in [5, 5.41) is 8.71. The normalized spacial score (nSPS) is 19.7. The van der Waals surface area contributed by atoms with E-state index in [-0.39, 0.29) is 18.4 Å². The van der Waals surface area contributed by atoms with E-state index in [1.54, 1.807) is 6.08 Å². The molecule has 1 rings (SSSR count). The van der Waals surface area contributed by atoms with Crippen LogP contribution in [0.1, 0.15) is 19.3 Å². The predicted molar refractivity (Wildman–Crippen MR) is 61.0 cm³/mol. The summed E-state index contributed by atoms with van der Waals surface area (Å²) >= 11 is 0. The zero-order valence-corrected chi connectivity index (χ0v) is 9.17. The number of aliphatic imine (C=N–C) groups is 1. The van der Waals surface area contributed by atoms with Crippen molar-refractivity contribution in [2.24, 2.45) is 22.4 Å². The molecule has 6 heteroatoms. The van der Waals surface area contributed by atoms with Crippen LogP contribution >= 0.6 is 12.4 Å². The van der Waals surface area contributed by atoms with E-state index in [1.807, 2.05) is 0 Å². The van der Waals surface area contributed by atoms with Crippen molar-refractivity contribution in [3.05, 3.63) is 11.6 Å². The molecule has 0 radical (unpaired) electrons. The zero-order valence-electron chi connectivity index (χ0n) is 8.35. The van der Waals surface area contributed by atoms with Gasteiger partial charge in [-0.1, -0.05) is 6.08 Å². The molecule has 0 aromatic carbocycles. The van der Waals surface area contributed by atoms with Crippen molar-refractivity contribution in [3.8, 4) is 0 Å². The first-order valence-electron chi connectivity index (χ1n) is 4.57. The third-order valence-corrected chi connectivity index (χ3v) is 2.33. The molecule has 0 fully saturated rings. The fraction of sp³-hybridized carbons (Fsp3) is 0.556. The molecule has 0 bridgehead atoms. The van der Waals surface area contributed by atoms with Crippen molar-refractivity contribution in [2.75, 3.05) is 6.54 Å². The second-order valence-corrected chi connectivity index (χ2v) is 3.44. The standard InChI is InChI=1S/C9H15N3O2.ClH/c10-9(11)12-5-6-1-3-7(4-2-6)8(13)14;/h3,6H,1-2,4-5H2,(H,13,14)(H4,10,11,12);1H. The third-order valence-electron chi connectivity index (χ3n) is 2.33. The van der Waals surface area contributed by atoms with Crippen LogP contribution in [0.5, 0.6) is 0 Å². The maximum Gasteiger partial charge on any atom is 0.331 e. The van der Waals surface area contributed by atoms with Gasteiger partial charge < -0.3 is 16.6 Å². The lowest BCUT2D eigenvalue weighted by Crippen LogP contribution is -2.24. The van der Waals surface area contributed by atoms with Crippen LogP contribution in [0.2, 0.25) is 0 Å². The Bertz CT molecular complexity index is 285. The highest BCUT2D eigenvalue weighted by Gasteiger charge is 2.17. The Labute approximate surface area is 94.6 Å². The number of carboxylic acids is 1. The van der Waals surface area contributed by atoms with E-state index in [0.717, 1.165) is 12.8 Å². The van der Waals surface area contributed by atoms with Crippen molar-refractivity contribution in [3.63, 3.8) is 0 Å². The summed E-state index contributed by atoms with van der Waals surface area (Å²) in [5.74, 6) is -0.344. The lowest BCUT2D eigenvalue weighted by molar-refractivity contribution is -0.132. The Balaban J connectivity index is 0.00000196. The van der Waals surface area contributed by atoms with E-state index in [2.05, 4.69) is 4.99 Å². The molecule has 1 atom stereocenters. The SMILES string of the molecule is Cl.NC(N)=NCC1CC=C(C(=O)O)CC1. The van der Waals surface area contributed by atoms with Crippen molar-refractivity contribution < 1.29 is 9.90 Å². The van der Waals surface area contributed by atoms with E-state index in [9.17, 15) is 4.79 Å². The van der Waals surface area contributed by atoms with Crippen LogP contribution in [0.15, 0.2) is 16.6 Å². The minimum Gasteiger partial charge on any atom is -0.478 e. The molecule has 0 spiro atoms. The number of hydrogen-bond acceptors (Lipinski definition) is 2. The van der Waals surface area contributed by atoms with Crippen LogP contribution < -0.4 is 11.5 Å². The van der Waals surface area contributed by atoms with Gasteiger partial charge in [-0.2, -0.15) is 0 Å². The fourth-order valence-electron chi connectivity index (χ4n) is 1.48. The smallest absolute Gasteiger partial charge is 0.331 e. The lowest BCUT2D eigenvalue weighted by atomic mass is 9.90. The first-order valence-corrected chi connectivity index (χ1v) is 4.57. The number of guanidine groups is 1. The Morgan fingerprint density at radius 3 is 2.67 bits per heavy atom. The molecule has 5 nitrogen and oxygen atoms in total. The lowest BCUT2D eigenvalue weighted by Gasteiger charge is -2.18. The summed E-state index contributed by atoms with van der Waals surface area (Å²) < 4.78 is 0. The Morgan fingerprint density at radius 1 is 1.60 bits per heavy atom. The number of halogens is 1. The Morgan fingerprint density at radius 2 is 2.27 bits per heavy atom. The second-order valence-electron chi connectivity index (χ2n) is 3.44. The molecule has 1 unspecified atom stereocenters. The number of nitrogens with two attached hydrogens (primary N) is 2. The van der Waals surface area contributed by atoms with E-state index in [1.165, 1.54) is 0 Å². The number of rotatable bonds is 3. The molecule has 0 amide bonds. The quantitative estimate of drug-likeness (QED) is 0.488. The maximum absolute atomic E-state index is 10.6. The van der Waals surface area contributed by atoms with Gasteiger partial charge in [0, 0.05) is 12.1 Å². The molecule has 5 N–H and O–H groups in total. The highest BCUT2D eigenvalue weighted by molar-refractivity contribution is 5.86. The number of nitrogens with zero attached hydrogens (tertiary/aromatic N) is 1. The minimum atomic E-state index is -0.815. The van der Waals surface area contributed by atoms with Crippen LogP contribution in [-0.4, -0.2) is 23.6 Å². The Hall–Kier alpha value is -1.23. The van der Waals surface area contributed by atoms with Crippen molar-refractivity contribution >= 4 is 24.3 Å². The average Bonchev–Trinajstić information content (AvgIpc) is 2.15. The van der Waals surface area contributed by atoms with Gasteiger partial charge in [-0.3, -0.25) is 4.99 Å². The number of carboxylic acid groups (broad SMARTS) is 1. The summed E-state index contributed by atoms with van der Waals surface area (Å²) in [7, 11) is 0. The molecule has 0 saturated carbocycles. The van der Waals surface area contributed by atoms with Crippen LogP contribution in [0.3, 0.4) is 0 Å². The molecule has 0 saturated heterocycles. The molecule has 0 heterocycles.